The van der Waals surface area contributed by atoms with E-state index in [-0.39, 0.29) is 6.10 Å². The van der Waals surface area contributed by atoms with Crippen LogP contribution in [0.4, 0.5) is 4.79 Å². The SMILES string of the molecule is C[CH][C@H](C)OC(=O)OCCC(C)C. The third kappa shape index (κ3) is 7.62. The summed E-state index contributed by atoms with van der Waals surface area (Å²) in [6, 6.07) is 0. The number of hydrogen-bond donors (Lipinski definition) is 0. The molecule has 0 aromatic rings. The van der Waals surface area contributed by atoms with Gasteiger partial charge < -0.3 is 9.47 Å². The first-order valence-electron chi connectivity index (χ1n) is 4.69. The van der Waals surface area contributed by atoms with Crippen LogP contribution in [0.3, 0.4) is 0 Å². The van der Waals surface area contributed by atoms with Crippen LogP contribution < -0.4 is 0 Å². The summed E-state index contributed by atoms with van der Waals surface area (Å²) in [5.74, 6) is 0.544. The predicted molar refractivity (Wildman–Crippen MR) is 51.3 cm³/mol. The second kappa shape index (κ2) is 6.75. The van der Waals surface area contributed by atoms with Crippen LogP contribution in [0.25, 0.3) is 0 Å². The van der Waals surface area contributed by atoms with Gasteiger partial charge in [0.05, 0.1) is 6.61 Å². The van der Waals surface area contributed by atoms with Crippen LogP contribution in [-0.4, -0.2) is 18.9 Å². The lowest BCUT2D eigenvalue weighted by Gasteiger charge is -2.11. The van der Waals surface area contributed by atoms with Crippen molar-refractivity contribution in [2.75, 3.05) is 6.61 Å². The Morgan fingerprint density at radius 2 is 2.00 bits per heavy atom. The maximum atomic E-state index is 10.9. The summed E-state index contributed by atoms with van der Waals surface area (Å²) < 4.78 is 9.71. The predicted octanol–water partition coefficient (Wildman–Crippen LogP) is 2.80. The molecule has 3 heteroatoms. The van der Waals surface area contributed by atoms with Gasteiger partial charge in [-0.3, -0.25) is 0 Å². The first kappa shape index (κ1) is 12.3. The Bertz CT molecular complexity index is 143. The standard InChI is InChI=1S/C10H19O3/c1-5-9(4)13-10(11)12-7-6-8(2)3/h5,8-9H,6-7H2,1-4H3/t9-/m0/s1. The third-order valence-electron chi connectivity index (χ3n) is 1.67. The second-order valence-corrected chi connectivity index (χ2v) is 3.44. The van der Waals surface area contributed by atoms with Crippen molar-refractivity contribution in [2.45, 2.75) is 40.2 Å². The van der Waals surface area contributed by atoms with Gasteiger partial charge in [0.2, 0.25) is 0 Å². The molecule has 0 aliphatic rings. The molecule has 3 nitrogen and oxygen atoms in total. The first-order valence-corrected chi connectivity index (χ1v) is 4.69. The summed E-state index contributed by atoms with van der Waals surface area (Å²) in [7, 11) is 0. The molecule has 0 amide bonds. The van der Waals surface area contributed by atoms with Crippen molar-refractivity contribution >= 4 is 6.16 Å². The number of carbonyl (C=O) groups excluding carboxylic acids is 1. The molecule has 1 atom stereocenters. The summed E-state index contributed by atoms with van der Waals surface area (Å²) in [5.41, 5.74) is 0. The molecule has 0 N–H and O–H groups in total. The summed E-state index contributed by atoms with van der Waals surface area (Å²) in [4.78, 5) is 10.9. The lowest BCUT2D eigenvalue weighted by atomic mass is 10.1. The van der Waals surface area contributed by atoms with E-state index in [4.69, 9.17) is 9.47 Å². The van der Waals surface area contributed by atoms with Crippen molar-refractivity contribution in [3.8, 4) is 0 Å². The number of hydrogen-bond acceptors (Lipinski definition) is 3. The van der Waals surface area contributed by atoms with Crippen LogP contribution in [0.5, 0.6) is 0 Å². The summed E-state index contributed by atoms with van der Waals surface area (Å²) in [6.45, 7) is 8.23. The van der Waals surface area contributed by atoms with Crippen LogP contribution in [0.2, 0.25) is 0 Å². The zero-order valence-corrected chi connectivity index (χ0v) is 8.87. The zero-order chi connectivity index (χ0) is 10.3. The summed E-state index contributed by atoms with van der Waals surface area (Å²) >= 11 is 0. The van der Waals surface area contributed by atoms with Gasteiger partial charge in [0, 0.05) is 0 Å². The van der Waals surface area contributed by atoms with Crippen LogP contribution >= 0.6 is 0 Å². The van der Waals surface area contributed by atoms with Crippen LogP contribution in [-0.2, 0) is 9.47 Å². The van der Waals surface area contributed by atoms with E-state index in [0.717, 1.165) is 6.42 Å². The van der Waals surface area contributed by atoms with E-state index >= 15 is 0 Å². The van der Waals surface area contributed by atoms with E-state index in [9.17, 15) is 4.79 Å². The summed E-state index contributed by atoms with van der Waals surface area (Å²) in [6.07, 6.45) is 1.92. The molecule has 0 aromatic heterocycles. The van der Waals surface area contributed by atoms with Gasteiger partial charge >= 0.3 is 6.16 Å². The fourth-order valence-electron chi connectivity index (χ4n) is 0.632. The number of carbonyl (C=O) groups is 1. The Hall–Kier alpha value is -0.730. The van der Waals surface area contributed by atoms with Gasteiger partial charge in [-0.2, -0.15) is 0 Å². The molecule has 0 aliphatic carbocycles. The molecule has 0 rings (SSSR count). The van der Waals surface area contributed by atoms with E-state index in [0.29, 0.717) is 12.5 Å². The highest BCUT2D eigenvalue weighted by Crippen LogP contribution is 2.02. The smallest absolute Gasteiger partial charge is 0.434 e. The molecule has 0 spiro atoms. The van der Waals surface area contributed by atoms with Crippen molar-refractivity contribution in [3.63, 3.8) is 0 Å². The van der Waals surface area contributed by atoms with Crippen molar-refractivity contribution < 1.29 is 14.3 Å². The zero-order valence-electron chi connectivity index (χ0n) is 8.87. The average Bonchev–Trinajstić information content (AvgIpc) is 2.03. The minimum Gasteiger partial charge on any atom is -0.434 e. The fraction of sp³-hybridized carbons (Fsp3) is 0.800. The number of rotatable bonds is 5. The van der Waals surface area contributed by atoms with Crippen molar-refractivity contribution in [1.82, 2.24) is 0 Å². The van der Waals surface area contributed by atoms with Gasteiger partial charge in [-0.15, -0.1) is 0 Å². The minimum atomic E-state index is -0.578. The Kier molecular flexibility index (Phi) is 6.37. The lowest BCUT2D eigenvalue weighted by molar-refractivity contribution is 0.0357. The highest BCUT2D eigenvalue weighted by atomic mass is 16.7. The average molecular weight is 187 g/mol. The molecule has 0 bridgehead atoms. The van der Waals surface area contributed by atoms with E-state index < -0.39 is 6.16 Å². The fourth-order valence-corrected chi connectivity index (χ4v) is 0.632. The summed E-state index contributed by atoms with van der Waals surface area (Å²) in [5, 5.41) is 0. The minimum absolute atomic E-state index is 0.174. The van der Waals surface area contributed by atoms with Crippen LogP contribution in [0.1, 0.15) is 34.1 Å². The Morgan fingerprint density at radius 1 is 1.38 bits per heavy atom. The van der Waals surface area contributed by atoms with E-state index in [1.165, 1.54) is 0 Å². The topological polar surface area (TPSA) is 35.5 Å². The lowest BCUT2D eigenvalue weighted by Crippen LogP contribution is -2.16. The molecule has 0 unspecified atom stereocenters. The van der Waals surface area contributed by atoms with E-state index in [1.54, 1.807) is 13.3 Å². The Morgan fingerprint density at radius 3 is 2.46 bits per heavy atom. The molecule has 0 aromatic carbocycles. The van der Waals surface area contributed by atoms with Gasteiger partial charge in [0.15, 0.2) is 0 Å². The number of ether oxygens (including phenoxy) is 2. The molecule has 0 fully saturated rings. The molecule has 1 radical (unpaired) electrons. The van der Waals surface area contributed by atoms with Crippen molar-refractivity contribution in [1.29, 1.82) is 0 Å². The second-order valence-electron chi connectivity index (χ2n) is 3.44. The largest absolute Gasteiger partial charge is 0.508 e. The highest BCUT2D eigenvalue weighted by molar-refractivity contribution is 5.60. The molecule has 13 heavy (non-hydrogen) atoms. The van der Waals surface area contributed by atoms with Crippen molar-refractivity contribution in [2.24, 2.45) is 5.92 Å². The maximum Gasteiger partial charge on any atom is 0.508 e. The Labute approximate surface area is 80.4 Å². The molecule has 0 heterocycles. The normalized spacial score (nSPS) is 12.7. The first-order chi connectivity index (χ1) is 6.06. The van der Waals surface area contributed by atoms with Gasteiger partial charge in [-0.05, 0) is 25.7 Å². The molecule has 0 aliphatic heterocycles. The highest BCUT2D eigenvalue weighted by Gasteiger charge is 2.08. The van der Waals surface area contributed by atoms with E-state index in [2.05, 4.69) is 13.8 Å². The van der Waals surface area contributed by atoms with E-state index in [1.807, 2.05) is 6.92 Å². The van der Waals surface area contributed by atoms with Gasteiger partial charge in [-0.25, -0.2) is 4.79 Å². The van der Waals surface area contributed by atoms with Crippen LogP contribution in [0, 0.1) is 12.3 Å². The van der Waals surface area contributed by atoms with Gasteiger partial charge in [-0.1, -0.05) is 20.8 Å². The monoisotopic (exact) mass is 187 g/mol. The van der Waals surface area contributed by atoms with Gasteiger partial charge in [0.25, 0.3) is 0 Å². The van der Waals surface area contributed by atoms with Gasteiger partial charge in [0.1, 0.15) is 6.10 Å². The quantitative estimate of drug-likeness (QED) is 0.621. The molecular weight excluding hydrogens is 168 g/mol. The van der Waals surface area contributed by atoms with Crippen molar-refractivity contribution in [3.05, 3.63) is 6.42 Å². The van der Waals surface area contributed by atoms with Crippen LogP contribution in [0.15, 0.2) is 0 Å². The molecule has 77 valence electrons. The molecular formula is C10H19O3. The third-order valence-corrected chi connectivity index (χ3v) is 1.67. The maximum absolute atomic E-state index is 10.9. The molecule has 0 saturated heterocycles. The Balaban J connectivity index is 3.41. The molecule has 0 saturated carbocycles.